The molecule has 0 saturated carbocycles. The Bertz CT molecular complexity index is 374. The summed E-state index contributed by atoms with van der Waals surface area (Å²) in [4.78, 5) is 2.20. The first kappa shape index (κ1) is 15.2. The van der Waals surface area contributed by atoms with Crippen LogP contribution in [0.1, 0.15) is 19.8 Å². The molecule has 112 valence electrons. The van der Waals surface area contributed by atoms with Gasteiger partial charge in [-0.15, -0.1) is 0 Å². The van der Waals surface area contributed by atoms with E-state index in [1.54, 1.807) is 0 Å². The average Bonchev–Trinajstić information content (AvgIpc) is 2.37. The summed E-state index contributed by atoms with van der Waals surface area (Å²) in [6.45, 7) is 7.61. The summed E-state index contributed by atoms with van der Waals surface area (Å²) in [7, 11) is -3.21. The van der Waals surface area contributed by atoms with E-state index in [2.05, 4.69) is 14.9 Å². The first-order valence-corrected chi connectivity index (χ1v) is 8.67. The Kier molecular flexibility index (Phi) is 5.19. The molecule has 2 heterocycles. The van der Waals surface area contributed by atoms with Crippen molar-refractivity contribution in [3.63, 3.8) is 0 Å². The maximum Gasteiger partial charge on any atom is 0.213 e. The zero-order chi connectivity index (χ0) is 13.8. The molecule has 2 aliphatic heterocycles. The molecule has 7 heteroatoms. The number of nitrogens with zero attached hydrogens (tertiary/aromatic N) is 1. The predicted molar refractivity (Wildman–Crippen MR) is 74.7 cm³/mol. The lowest BCUT2D eigenvalue weighted by molar-refractivity contribution is 0.0537. The number of hydrogen-bond donors (Lipinski definition) is 2. The summed E-state index contributed by atoms with van der Waals surface area (Å²) >= 11 is 0. The molecule has 0 unspecified atom stereocenters. The highest BCUT2D eigenvalue weighted by atomic mass is 32.2. The molecule has 0 spiro atoms. The minimum absolute atomic E-state index is 0.184. The standard InChI is InChI=1S/C12H25N3O3S/c1-12(2-9-18-10-3-12)14-19(16,17)11-8-15-6-4-13-5-7-15/h13-14H,2-11H2,1H3. The van der Waals surface area contributed by atoms with Crippen LogP contribution in [0.4, 0.5) is 0 Å². The van der Waals surface area contributed by atoms with E-state index in [1.165, 1.54) is 0 Å². The fourth-order valence-electron chi connectivity index (χ4n) is 2.53. The number of ether oxygens (including phenoxy) is 1. The lowest BCUT2D eigenvalue weighted by atomic mass is 9.94. The third kappa shape index (κ3) is 5.00. The lowest BCUT2D eigenvalue weighted by Crippen LogP contribution is -2.52. The Morgan fingerprint density at radius 1 is 1.26 bits per heavy atom. The molecule has 2 saturated heterocycles. The molecule has 2 N–H and O–H groups in total. The van der Waals surface area contributed by atoms with Gasteiger partial charge in [0.15, 0.2) is 0 Å². The van der Waals surface area contributed by atoms with Crippen LogP contribution in [0.3, 0.4) is 0 Å². The smallest absolute Gasteiger partial charge is 0.213 e. The second-order valence-corrected chi connectivity index (χ2v) is 7.53. The van der Waals surface area contributed by atoms with E-state index in [9.17, 15) is 8.42 Å². The van der Waals surface area contributed by atoms with Gasteiger partial charge >= 0.3 is 0 Å². The highest BCUT2D eigenvalue weighted by molar-refractivity contribution is 7.89. The van der Waals surface area contributed by atoms with Crippen molar-refractivity contribution in [3.8, 4) is 0 Å². The van der Waals surface area contributed by atoms with Gasteiger partial charge in [-0.25, -0.2) is 13.1 Å². The van der Waals surface area contributed by atoms with Crippen LogP contribution < -0.4 is 10.0 Å². The van der Waals surface area contributed by atoms with Gasteiger partial charge < -0.3 is 10.1 Å². The SMILES string of the molecule is CC1(NS(=O)(=O)CCN2CCNCC2)CCOCC1. The van der Waals surface area contributed by atoms with Crippen LogP contribution in [0.5, 0.6) is 0 Å². The molecular formula is C12H25N3O3S. The summed E-state index contributed by atoms with van der Waals surface area (Å²) in [5.74, 6) is 0.184. The molecule has 0 radical (unpaired) electrons. The molecule has 0 aromatic rings. The molecule has 0 bridgehead atoms. The topological polar surface area (TPSA) is 70.7 Å². The molecule has 2 fully saturated rings. The van der Waals surface area contributed by atoms with Crippen LogP contribution in [-0.2, 0) is 14.8 Å². The molecular weight excluding hydrogens is 266 g/mol. The number of piperazine rings is 1. The van der Waals surface area contributed by atoms with Crippen molar-refractivity contribution in [3.05, 3.63) is 0 Å². The molecule has 2 aliphatic rings. The zero-order valence-electron chi connectivity index (χ0n) is 11.7. The Hall–Kier alpha value is -0.210. The zero-order valence-corrected chi connectivity index (χ0v) is 12.5. The molecule has 6 nitrogen and oxygen atoms in total. The quantitative estimate of drug-likeness (QED) is 0.706. The normalized spacial score (nSPS) is 25.3. The summed E-state index contributed by atoms with van der Waals surface area (Å²) in [6, 6.07) is 0. The second-order valence-electron chi connectivity index (χ2n) is 5.69. The molecule has 19 heavy (non-hydrogen) atoms. The van der Waals surface area contributed by atoms with E-state index in [4.69, 9.17) is 4.74 Å². The van der Waals surface area contributed by atoms with Gasteiger partial charge in [0.25, 0.3) is 0 Å². The Balaban J connectivity index is 1.80. The van der Waals surface area contributed by atoms with Crippen LogP contribution >= 0.6 is 0 Å². The van der Waals surface area contributed by atoms with E-state index in [0.717, 1.165) is 39.0 Å². The number of nitrogens with one attached hydrogen (secondary N) is 2. The molecule has 0 atom stereocenters. The summed E-state index contributed by atoms with van der Waals surface area (Å²) in [5, 5.41) is 3.26. The average molecular weight is 291 g/mol. The van der Waals surface area contributed by atoms with E-state index in [0.29, 0.717) is 19.8 Å². The van der Waals surface area contributed by atoms with Gasteiger partial charge in [-0.05, 0) is 19.8 Å². The molecule has 0 amide bonds. The number of hydrogen-bond acceptors (Lipinski definition) is 5. The van der Waals surface area contributed by atoms with Crippen LogP contribution in [0.15, 0.2) is 0 Å². The van der Waals surface area contributed by atoms with Crippen molar-refractivity contribution in [2.75, 3.05) is 51.7 Å². The highest BCUT2D eigenvalue weighted by Crippen LogP contribution is 2.20. The van der Waals surface area contributed by atoms with Gasteiger partial charge in [-0.3, -0.25) is 4.90 Å². The van der Waals surface area contributed by atoms with E-state index in [1.807, 2.05) is 6.92 Å². The van der Waals surface area contributed by atoms with E-state index < -0.39 is 10.0 Å². The molecule has 0 aromatic heterocycles. The van der Waals surface area contributed by atoms with Gasteiger partial charge in [-0.2, -0.15) is 0 Å². The summed E-state index contributed by atoms with van der Waals surface area (Å²) < 4.78 is 32.5. The minimum atomic E-state index is -3.21. The number of rotatable bonds is 5. The Morgan fingerprint density at radius 2 is 1.89 bits per heavy atom. The van der Waals surface area contributed by atoms with Crippen LogP contribution in [0, 0.1) is 0 Å². The van der Waals surface area contributed by atoms with Crippen molar-refractivity contribution in [1.29, 1.82) is 0 Å². The van der Waals surface area contributed by atoms with Crippen LogP contribution in [0.2, 0.25) is 0 Å². The Labute approximate surface area is 115 Å². The van der Waals surface area contributed by atoms with Gasteiger partial charge in [-0.1, -0.05) is 0 Å². The van der Waals surface area contributed by atoms with Gasteiger partial charge in [0.2, 0.25) is 10.0 Å². The van der Waals surface area contributed by atoms with Crippen molar-refractivity contribution in [2.24, 2.45) is 0 Å². The number of sulfonamides is 1. The lowest BCUT2D eigenvalue weighted by Gasteiger charge is -2.34. The van der Waals surface area contributed by atoms with Crippen molar-refractivity contribution >= 4 is 10.0 Å². The molecule has 0 aromatic carbocycles. The van der Waals surface area contributed by atoms with Crippen LogP contribution in [0.25, 0.3) is 0 Å². The maximum atomic E-state index is 12.2. The third-order valence-corrected chi connectivity index (χ3v) is 5.41. The highest BCUT2D eigenvalue weighted by Gasteiger charge is 2.31. The molecule has 2 rings (SSSR count). The van der Waals surface area contributed by atoms with Gasteiger partial charge in [0.1, 0.15) is 0 Å². The van der Waals surface area contributed by atoms with Crippen LogP contribution in [-0.4, -0.2) is 70.5 Å². The largest absolute Gasteiger partial charge is 0.381 e. The molecule has 0 aliphatic carbocycles. The minimum Gasteiger partial charge on any atom is -0.381 e. The van der Waals surface area contributed by atoms with Gasteiger partial charge in [0, 0.05) is 51.5 Å². The fourth-order valence-corrected chi connectivity index (χ4v) is 4.09. The summed E-state index contributed by atoms with van der Waals surface area (Å²) in [6.07, 6.45) is 1.50. The Morgan fingerprint density at radius 3 is 2.53 bits per heavy atom. The van der Waals surface area contributed by atoms with Crippen molar-refractivity contribution in [2.45, 2.75) is 25.3 Å². The summed E-state index contributed by atoms with van der Waals surface area (Å²) in [5.41, 5.74) is -0.333. The van der Waals surface area contributed by atoms with Crippen molar-refractivity contribution in [1.82, 2.24) is 14.9 Å². The monoisotopic (exact) mass is 291 g/mol. The maximum absolute atomic E-state index is 12.2. The predicted octanol–water partition coefficient (Wildman–Crippen LogP) is -0.620. The van der Waals surface area contributed by atoms with Gasteiger partial charge in [0.05, 0.1) is 5.75 Å². The third-order valence-electron chi connectivity index (χ3n) is 3.88. The second kappa shape index (κ2) is 6.49. The van der Waals surface area contributed by atoms with Crippen molar-refractivity contribution < 1.29 is 13.2 Å². The fraction of sp³-hybridized carbons (Fsp3) is 1.00. The first-order valence-electron chi connectivity index (χ1n) is 7.02. The van der Waals surface area contributed by atoms with E-state index >= 15 is 0 Å². The first-order chi connectivity index (χ1) is 8.99. The van der Waals surface area contributed by atoms with E-state index in [-0.39, 0.29) is 11.3 Å².